The molecule has 3 aliphatic heterocycles. The van der Waals surface area contributed by atoms with Crippen molar-refractivity contribution in [2.75, 3.05) is 27.2 Å². The summed E-state index contributed by atoms with van der Waals surface area (Å²) in [7, 11) is 3.44. The number of hydrogen-bond acceptors (Lipinski definition) is 8. The van der Waals surface area contributed by atoms with Gasteiger partial charge in [-0.15, -0.1) is 0 Å². The number of aliphatic hydroxyl groups is 1. The average Bonchev–Trinajstić information content (AvgIpc) is 2.96. The van der Waals surface area contributed by atoms with Gasteiger partial charge in [-0.3, -0.25) is 14.5 Å². The number of rotatable bonds is 3. The number of fused-ring (bicyclic) bond motifs is 4. The standard InChI is InChI=1S/C16H20N4O5/c1-6-10(18-2)13(22)9-7(5-25-15(17)23)16(24)14-8(19(14)3)4-20(16)11(9)12(6)21/h7-8,14,18,24H,4-5H2,1-3H3,(H2,17,23)/t7-,8?,14?,16-,19?/m1/s1. The molecule has 0 aromatic heterocycles. The Morgan fingerprint density at radius 2 is 2.12 bits per heavy atom. The molecule has 0 radical (unpaired) electrons. The first-order chi connectivity index (χ1) is 11.7. The third-order valence-electron chi connectivity index (χ3n) is 5.90. The summed E-state index contributed by atoms with van der Waals surface area (Å²) < 4.78 is 4.93. The fourth-order valence-electron chi connectivity index (χ4n) is 4.67. The van der Waals surface area contributed by atoms with Gasteiger partial charge in [0, 0.05) is 30.8 Å². The van der Waals surface area contributed by atoms with Crippen LogP contribution in [0.1, 0.15) is 6.92 Å². The Labute approximate surface area is 144 Å². The molecule has 3 unspecified atom stereocenters. The minimum absolute atomic E-state index is 0.105. The normalized spacial score (nSPS) is 38.6. The lowest BCUT2D eigenvalue weighted by molar-refractivity contribution is -0.126. The molecule has 0 aromatic rings. The quantitative estimate of drug-likeness (QED) is 0.407. The van der Waals surface area contributed by atoms with Gasteiger partial charge in [-0.05, 0) is 14.0 Å². The minimum atomic E-state index is -1.46. The molecule has 134 valence electrons. The maximum atomic E-state index is 13.0. The van der Waals surface area contributed by atoms with Gasteiger partial charge in [0.15, 0.2) is 5.72 Å². The number of allylic oxidation sites excluding steroid dienone is 2. The van der Waals surface area contributed by atoms with Crippen LogP contribution in [-0.2, 0) is 14.3 Å². The molecular formula is C16H20N4O5. The van der Waals surface area contributed by atoms with E-state index in [-0.39, 0.29) is 47.2 Å². The highest BCUT2D eigenvalue weighted by atomic mass is 16.5. The molecule has 0 spiro atoms. The molecule has 0 saturated carbocycles. The summed E-state index contributed by atoms with van der Waals surface area (Å²) in [6.07, 6.45) is -0.988. The fraction of sp³-hybridized carbons (Fsp3) is 0.562. The van der Waals surface area contributed by atoms with E-state index >= 15 is 0 Å². The van der Waals surface area contributed by atoms with Gasteiger partial charge >= 0.3 is 6.09 Å². The van der Waals surface area contributed by atoms with E-state index in [0.717, 1.165) is 0 Å². The van der Waals surface area contributed by atoms with E-state index < -0.39 is 17.7 Å². The maximum Gasteiger partial charge on any atom is 0.404 e. The van der Waals surface area contributed by atoms with Gasteiger partial charge in [-0.2, -0.15) is 0 Å². The zero-order valence-corrected chi connectivity index (χ0v) is 14.2. The van der Waals surface area contributed by atoms with E-state index in [1.54, 1.807) is 18.9 Å². The van der Waals surface area contributed by atoms with E-state index in [2.05, 4.69) is 5.32 Å². The molecule has 4 rings (SSSR count). The van der Waals surface area contributed by atoms with Crippen molar-refractivity contribution in [2.45, 2.75) is 24.7 Å². The Bertz CT molecular complexity index is 787. The average molecular weight is 348 g/mol. The first kappa shape index (κ1) is 16.1. The van der Waals surface area contributed by atoms with Gasteiger partial charge in [0.25, 0.3) is 0 Å². The van der Waals surface area contributed by atoms with E-state index in [1.165, 1.54) is 0 Å². The van der Waals surface area contributed by atoms with Crippen molar-refractivity contribution in [3.63, 3.8) is 0 Å². The number of ether oxygens (including phenoxy) is 1. The molecule has 2 saturated heterocycles. The molecule has 9 nitrogen and oxygen atoms in total. The number of carbonyl (C=O) groups excluding carboxylic acids is 3. The Hall–Kier alpha value is -2.39. The lowest BCUT2D eigenvalue weighted by Gasteiger charge is -2.37. The zero-order valence-electron chi connectivity index (χ0n) is 14.2. The monoisotopic (exact) mass is 348 g/mol. The van der Waals surface area contributed by atoms with Crippen LogP contribution in [0.2, 0.25) is 0 Å². The summed E-state index contributed by atoms with van der Waals surface area (Å²) in [6, 6.07) is -0.119. The number of carbonyl (C=O) groups is 3. The molecule has 4 N–H and O–H groups in total. The van der Waals surface area contributed by atoms with Crippen molar-refractivity contribution < 1.29 is 24.2 Å². The first-order valence-corrected chi connectivity index (χ1v) is 8.11. The molecule has 4 aliphatic rings. The van der Waals surface area contributed by atoms with Crippen LogP contribution < -0.4 is 11.1 Å². The van der Waals surface area contributed by atoms with Crippen LogP contribution in [0, 0.1) is 5.92 Å². The molecule has 2 fully saturated rings. The molecule has 3 heterocycles. The van der Waals surface area contributed by atoms with Crippen molar-refractivity contribution in [2.24, 2.45) is 11.7 Å². The predicted molar refractivity (Wildman–Crippen MR) is 84.8 cm³/mol. The highest BCUT2D eigenvalue weighted by Gasteiger charge is 2.74. The topological polar surface area (TPSA) is 125 Å². The summed E-state index contributed by atoms with van der Waals surface area (Å²) >= 11 is 0. The molecule has 5 atom stereocenters. The highest BCUT2D eigenvalue weighted by molar-refractivity contribution is 6.25. The number of likely N-dealkylation sites (N-methyl/N-ethyl adjacent to an activating group) is 2. The van der Waals surface area contributed by atoms with Crippen LogP contribution in [-0.4, -0.2) is 77.6 Å². The third-order valence-corrected chi connectivity index (χ3v) is 5.90. The van der Waals surface area contributed by atoms with E-state index in [4.69, 9.17) is 10.5 Å². The summed E-state index contributed by atoms with van der Waals surface area (Å²) in [5.41, 5.74) is 4.56. The summed E-state index contributed by atoms with van der Waals surface area (Å²) in [5.74, 6) is -1.47. The number of nitrogens with two attached hydrogens (primary N) is 1. The summed E-state index contributed by atoms with van der Waals surface area (Å²) in [5, 5.41) is 14.2. The van der Waals surface area contributed by atoms with Gasteiger partial charge in [0.2, 0.25) is 11.6 Å². The second-order valence-corrected chi connectivity index (χ2v) is 6.92. The Morgan fingerprint density at radius 1 is 1.44 bits per heavy atom. The zero-order chi connectivity index (χ0) is 18.3. The first-order valence-electron chi connectivity index (χ1n) is 8.11. The third kappa shape index (κ3) is 1.77. The van der Waals surface area contributed by atoms with Crippen molar-refractivity contribution >= 4 is 17.7 Å². The Kier molecular flexibility index (Phi) is 3.11. The van der Waals surface area contributed by atoms with Crippen LogP contribution in [0.5, 0.6) is 0 Å². The number of piperazine rings is 1. The van der Waals surface area contributed by atoms with Crippen molar-refractivity contribution in [3.8, 4) is 0 Å². The Morgan fingerprint density at radius 3 is 2.72 bits per heavy atom. The van der Waals surface area contributed by atoms with Gasteiger partial charge in [0.1, 0.15) is 6.61 Å². The largest absolute Gasteiger partial charge is 0.449 e. The van der Waals surface area contributed by atoms with E-state index in [1.807, 2.05) is 11.9 Å². The van der Waals surface area contributed by atoms with E-state index in [0.29, 0.717) is 12.1 Å². The summed E-state index contributed by atoms with van der Waals surface area (Å²) in [4.78, 5) is 40.5. The number of amides is 1. The highest BCUT2D eigenvalue weighted by Crippen LogP contribution is 2.57. The molecule has 9 heteroatoms. The van der Waals surface area contributed by atoms with Crippen molar-refractivity contribution in [3.05, 3.63) is 22.5 Å². The van der Waals surface area contributed by atoms with Gasteiger partial charge in [-0.1, -0.05) is 0 Å². The maximum absolute atomic E-state index is 13.0. The van der Waals surface area contributed by atoms with Crippen LogP contribution in [0.3, 0.4) is 0 Å². The van der Waals surface area contributed by atoms with Crippen LogP contribution in [0.15, 0.2) is 22.5 Å². The van der Waals surface area contributed by atoms with Crippen molar-refractivity contribution in [1.29, 1.82) is 0 Å². The number of nitrogens with one attached hydrogen (secondary N) is 1. The number of Topliss-reactive ketones (excluding diaryl/α,β-unsaturated/α-hetero) is 2. The number of nitrogens with zero attached hydrogens (tertiary/aromatic N) is 2. The molecular weight excluding hydrogens is 328 g/mol. The lowest BCUT2D eigenvalue weighted by atomic mass is 9.82. The Balaban J connectivity index is 1.82. The number of hydrogen-bond donors (Lipinski definition) is 3. The van der Waals surface area contributed by atoms with Crippen LogP contribution in [0.4, 0.5) is 4.79 Å². The fourth-order valence-corrected chi connectivity index (χ4v) is 4.67. The second-order valence-electron chi connectivity index (χ2n) is 6.92. The number of ketones is 2. The number of primary amides is 1. The van der Waals surface area contributed by atoms with Crippen molar-refractivity contribution in [1.82, 2.24) is 15.1 Å². The molecule has 0 bridgehead atoms. The molecule has 0 aromatic carbocycles. The van der Waals surface area contributed by atoms with Gasteiger partial charge < -0.3 is 25.8 Å². The van der Waals surface area contributed by atoms with Gasteiger partial charge in [-0.25, -0.2) is 4.79 Å². The summed E-state index contributed by atoms with van der Waals surface area (Å²) in [6.45, 7) is 1.78. The van der Waals surface area contributed by atoms with Crippen LogP contribution >= 0.6 is 0 Å². The van der Waals surface area contributed by atoms with Gasteiger partial charge in [0.05, 0.1) is 23.4 Å². The minimum Gasteiger partial charge on any atom is -0.449 e. The smallest absolute Gasteiger partial charge is 0.404 e. The van der Waals surface area contributed by atoms with E-state index in [9.17, 15) is 19.5 Å². The molecule has 1 aliphatic carbocycles. The lowest BCUT2D eigenvalue weighted by Crippen LogP contribution is -2.53. The SMILES string of the molecule is CNC1=C(C)C(=O)C2=C(C1=O)[C@@H](COC(N)=O)[C@@]1(O)C3C(CN21)N3C. The molecule has 25 heavy (non-hydrogen) atoms. The molecule has 1 amide bonds. The second kappa shape index (κ2) is 4.83. The predicted octanol–water partition coefficient (Wildman–Crippen LogP) is -1.70. The van der Waals surface area contributed by atoms with Crippen LogP contribution in [0.25, 0.3) is 0 Å².